The third-order valence-corrected chi connectivity index (χ3v) is 9.11. The summed E-state index contributed by atoms with van der Waals surface area (Å²) in [5.74, 6) is -0.444. The zero-order chi connectivity index (χ0) is 36.6. The van der Waals surface area contributed by atoms with Gasteiger partial charge in [0.15, 0.2) is 24.4 Å². The van der Waals surface area contributed by atoms with Crippen LogP contribution in [0.2, 0.25) is 0 Å². The van der Waals surface area contributed by atoms with Crippen LogP contribution in [0.4, 0.5) is 0 Å². The molecule has 280 valence electrons. The summed E-state index contributed by atoms with van der Waals surface area (Å²) in [4.78, 5) is 13.9. The van der Waals surface area contributed by atoms with Gasteiger partial charge in [0.2, 0.25) is 17.5 Å². The molecule has 0 spiro atoms. The third kappa shape index (κ3) is 7.27. The SMILES string of the molecule is O=c1c(OC2OC(CO)C(O)C(O)C2OC2OC(CO)C(O)C(O)C2OC2OC(CO)C(O)C(O)C2O)c(-c2ccccc2)oc2ccccc12. The molecule has 0 saturated carbocycles. The fourth-order valence-corrected chi connectivity index (χ4v) is 6.22. The van der Waals surface area contributed by atoms with Gasteiger partial charge in [-0.25, -0.2) is 0 Å². The van der Waals surface area contributed by atoms with Crippen molar-refractivity contribution in [3.63, 3.8) is 0 Å². The van der Waals surface area contributed by atoms with Crippen LogP contribution in [0, 0.1) is 0 Å². The predicted molar refractivity (Wildman–Crippen MR) is 168 cm³/mol. The van der Waals surface area contributed by atoms with Gasteiger partial charge < -0.3 is 83.9 Å². The zero-order valence-electron chi connectivity index (χ0n) is 26.7. The third-order valence-electron chi connectivity index (χ3n) is 9.11. The molecule has 6 rings (SSSR count). The number of aliphatic hydroxyl groups is 10. The first-order valence-corrected chi connectivity index (χ1v) is 16.1. The lowest BCUT2D eigenvalue weighted by Gasteiger charge is -2.48. The van der Waals surface area contributed by atoms with Crippen molar-refractivity contribution in [2.24, 2.45) is 0 Å². The lowest BCUT2D eigenvalue weighted by molar-refractivity contribution is -0.389. The molecule has 10 N–H and O–H groups in total. The van der Waals surface area contributed by atoms with Gasteiger partial charge in [0.05, 0.1) is 25.2 Å². The molecule has 15 unspecified atom stereocenters. The number of benzene rings is 2. The van der Waals surface area contributed by atoms with Gasteiger partial charge in [-0.3, -0.25) is 4.79 Å². The number of aliphatic hydroxyl groups excluding tert-OH is 10. The summed E-state index contributed by atoms with van der Waals surface area (Å²) in [5, 5.41) is 105. The van der Waals surface area contributed by atoms with Crippen molar-refractivity contribution >= 4 is 11.0 Å². The van der Waals surface area contributed by atoms with Gasteiger partial charge in [-0.15, -0.1) is 0 Å². The Labute approximate surface area is 288 Å². The molecule has 3 aliphatic rings. The Morgan fingerprint density at radius 2 is 1.04 bits per heavy atom. The summed E-state index contributed by atoms with van der Waals surface area (Å²) >= 11 is 0. The van der Waals surface area contributed by atoms with Crippen molar-refractivity contribution in [1.29, 1.82) is 0 Å². The van der Waals surface area contributed by atoms with E-state index in [2.05, 4.69) is 0 Å². The van der Waals surface area contributed by atoms with E-state index in [0.717, 1.165) is 0 Å². The molecule has 18 heteroatoms. The molecule has 3 saturated heterocycles. The smallest absolute Gasteiger partial charge is 0.235 e. The molecule has 0 aliphatic carbocycles. The normalized spacial score (nSPS) is 38.8. The van der Waals surface area contributed by atoms with Crippen LogP contribution < -0.4 is 10.2 Å². The van der Waals surface area contributed by atoms with E-state index in [0.29, 0.717) is 5.56 Å². The maximum absolute atomic E-state index is 13.9. The van der Waals surface area contributed by atoms with Crippen LogP contribution in [-0.4, -0.2) is 163 Å². The highest BCUT2D eigenvalue weighted by atomic mass is 16.8. The van der Waals surface area contributed by atoms with Crippen LogP contribution in [0.3, 0.4) is 0 Å². The average molecular weight is 725 g/mol. The van der Waals surface area contributed by atoms with Crippen LogP contribution >= 0.6 is 0 Å². The first-order chi connectivity index (χ1) is 24.5. The average Bonchev–Trinajstić information content (AvgIpc) is 3.15. The predicted octanol–water partition coefficient (Wildman–Crippen LogP) is -3.71. The molecule has 2 aromatic carbocycles. The fraction of sp³-hybridized carbons (Fsp3) is 0.545. The molecular weight excluding hydrogens is 684 g/mol. The van der Waals surface area contributed by atoms with E-state index < -0.39 is 123 Å². The van der Waals surface area contributed by atoms with Crippen LogP contribution in [-0.2, 0) is 23.7 Å². The van der Waals surface area contributed by atoms with Crippen LogP contribution in [0.5, 0.6) is 5.75 Å². The second-order valence-corrected chi connectivity index (χ2v) is 12.4. The van der Waals surface area contributed by atoms with Gasteiger partial charge in [-0.1, -0.05) is 42.5 Å². The lowest BCUT2D eigenvalue weighted by Crippen LogP contribution is -2.67. The van der Waals surface area contributed by atoms with E-state index in [9.17, 15) is 55.9 Å². The van der Waals surface area contributed by atoms with Crippen molar-refractivity contribution in [2.75, 3.05) is 19.8 Å². The quantitative estimate of drug-likeness (QED) is 0.0962. The number of hydrogen-bond acceptors (Lipinski definition) is 18. The summed E-state index contributed by atoms with van der Waals surface area (Å²) in [6.45, 7) is -2.49. The zero-order valence-corrected chi connectivity index (χ0v) is 26.7. The lowest BCUT2D eigenvalue weighted by atomic mass is 9.96. The number of ether oxygens (including phenoxy) is 6. The molecule has 3 fully saturated rings. The Morgan fingerprint density at radius 1 is 0.549 bits per heavy atom. The molecule has 1 aromatic heterocycles. The Bertz CT molecular complexity index is 1650. The topological polar surface area (TPSA) is 288 Å². The molecule has 0 radical (unpaired) electrons. The van der Waals surface area contributed by atoms with Crippen molar-refractivity contribution in [1.82, 2.24) is 0 Å². The van der Waals surface area contributed by atoms with Crippen LogP contribution in [0.25, 0.3) is 22.3 Å². The maximum atomic E-state index is 13.9. The van der Waals surface area contributed by atoms with E-state index in [1.54, 1.807) is 48.5 Å². The van der Waals surface area contributed by atoms with E-state index in [4.69, 9.17) is 32.8 Å². The van der Waals surface area contributed by atoms with Gasteiger partial charge in [-0.05, 0) is 12.1 Å². The number of fused-ring (bicyclic) bond motifs is 1. The van der Waals surface area contributed by atoms with Crippen LogP contribution in [0.1, 0.15) is 0 Å². The molecule has 0 bridgehead atoms. The Hall–Kier alpha value is -3.15. The number of para-hydroxylation sites is 1. The Balaban J connectivity index is 1.37. The summed E-state index contributed by atoms with van der Waals surface area (Å²) in [5.41, 5.74) is -0.0218. The van der Waals surface area contributed by atoms with Gasteiger partial charge in [0.1, 0.15) is 72.7 Å². The molecule has 3 aliphatic heterocycles. The summed E-state index contributed by atoms with van der Waals surface area (Å²) < 4.78 is 40.7. The molecule has 0 amide bonds. The second kappa shape index (κ2) is 15.8. The highest BCUT2D eigenvalue weighted by molar-refractivity contribution is 5.81. The molecule has 18 nitrogen and oxygen atoms in total. The largest absolute Gasteiger partial charge is 0.454 e. The number of rotatable bonds is 10. The number of hydrogen-bond donors (Lipinski definition) is 10. The van der Waals surface area contributed by atoms with Crippen molar-refractivity contribution in [2.45, 2.75) is 92.1 Å². The van der Waals surface area contributed by atoms with E-state index in [1.165, 1.54) is 6.07 Å². The van der Waals surface area contributed by atoms with Gasteiger partial charge in [0.25, 0.3) is 0 Å². The minimum Gasteiger partial charge on any atom is -0.454 e. The van der Waals surface area contributed by atoms with Crippen molar-refractivity contribution in [3.8, 4) is 17.1 Å². The first kappa shape index (κ1) is 37.6. The van der Waals surface area contributed by atoms with E-state index >= 15 is 0 Å². The van der Waals surface area contributed by atoms with Gasteiger partial charge in [-0.2, -0.15) is 0 Å². The Kier molecular flexibility index (Phi) is 11.7. The summed E-state index contributed by atoms with van der Waals surface area (Å²) in [7, 11) is 0. The van der Waals surface area contributed by atoms with Crippen molar-refractivity contribution < 1.29 is 83.9 Å². The minimum absolute atomic E-state index is 0.0422. The molecule has 51 heavy (non-hydrogen) atoms. The Morgan fingerprint density at radius 3 is 1.65 bits per heavy atom. The summed E-state index contributed by atoms with van der Waals surface area (Å²) in [6, 6.07) is 14.7. The molecular formula is C33H40O18. The fourth-order valence-electron chi connectivity index (χ4n) is 6.22. The monoisotopic (exact) mass is 724 g/mol. The van der Waals surface area contributed by atoms with E-state index in [1.807, 2.05) is 0 Å². The maximum Gasteiger partial charge on any atom is 0.235 e. The first-order valence-electron chi connectivity index (χ1n) is 16.1. The molecule has 4 heterocycles. The summed E-state index contributed by atoms with van der Waals surface area (Å²) in [6.07, 6.45) is -26.9. The highest BCUT2D eigenvalue weighted by Crippen LogP contribution is 2.36. The molecule has 15 atom stereocenters. The molecule has 3 aromatic rings. The van der Waals surface area contributed by atoms with Gasteiger partial charge in [0, 0.05) is 5.56 Å². The van der Waals surface area contributed by atoms with Gasteiger partial charge >= 0.3 is 0 Å². The minimum atomic E-state index is -1.97. The van der Waals surface area contributed by atoms with E-state index in [-0.39, 0.29) is 16.7 Å². The van der Waals surface area contributed by atoms with Crippen molar-refractivity contribution in [3.05, 3.63) is 64.8 Å². The standard InChI is InChI=1S/C33H40O18/c34-10-16-20(38)23(41)26(44)31(46-16)50-29-24(42)21(39)18(12-36)48-33(29)51-30-25(43)22(40)17(11-35)47-32(30)49-28-19(37)14-8-4-5-9-15(14)45-27(28)13-6-2-1-3-7-13/h1-9,16-18,20-26,29-36,38-44H,10-12H2. The second-order valence-electron chi connectivity index (χ2n) is 12.4. The highest BCUT2D eigenvalue weighted by Gasteiger charge is 2.54. The van der Waals surface area contributed by atoms with Crippen LogP contribution in [0.15, 0.2) is 63.8 Å².